The summed E-state index contributed by atoms with van der Waals surface area (Å²) in [4.78, 5) is 13.3. The van der Waals surface area contributed by atoms with Gasteiger partial charge in [0, 0.05) is 23.5 Å². The first-order chi connectivity index (χ1) is 6.25. The smallest absolute Gasteiger partial charge is 0.409 e. The van der Waals surface area contributed by atoms with E-state index in [2.05, 4.69) is 10.3 Å². The average molecular weight is 176 g/mol. The number of aromatic nitrogens is 1. The lowest BCUT2D eigenvalue weighted by Crippen LogP contribution is -2.06. The van der Waals surface area contributed by atoms with Crippen molar-refractivity contribution in [3.05, 3.63) is 30.6 Å². The summed E-state index contributed by atoms with van der Waals surface area (Å²) in [5.41, 5.74) is 0.583. The van der Waals surface area contributed by atoms with Crippen LogP contribution in [-0.2, 0) is 0 Å². The summed E-state index contributed by atoms with van der Waals surface area (Å²) in [5, 5.41) is 12.8. The molecule has 13 heavy (non-hydrogen) atoms. The molecule has 4 heteroatoms. The highest BCUT2D eigenvalue weighted by atomic mass is 16.4. The molecule has 0 fully saturated rings. The summed E-state index contributed by atoms with van der Waals surface area (Å²) >= 11 is 0. The number of aromatic amines is 1. The number of H-pyrrole nitrogens is 1. The van der Waals surface area contributed by atoms with Crippen molar-refractivity contribution in [3.8, 4) is 0 Å². The highest BCUT2D eigenvalue weighted by Crippen LogP contribution is 2.18. The Hall–Kier alpha value is -1.97. The van der Waals surface area contributed by atoms with Gasteiger partial charge in [0.25, 0.3) is 0 Å². The number of hydrogen-bond donors (Lipinski definition) is 3. The second kappa shape index (κ2) is 2.82. The van der Waals surface area contributed by atoms with Gasteiger partial charge >= 0.3 is 6.09 Å². The van der Waals surface area contributed by atoms with Gasteiger partial charge in [-0.1, -0.05) is 6.07 Å². The first-order valence-corrected chi connectivity index (χ1v) is 3.82. The lowest BCUT2D eigenvalue weighted by atomic mass is 10.2. The van der Waals surface area contributed by atoms with Crippen LogP contribution in [0.15, 0.2) is 30.6 Å². The molecular weight excluding hydrogens is 168 g/mol. The van der Waals surface area contributed by atoms with Gasteiger partial charge in [0.2, 0.25) is 0 Å². The second-order valence-electron chi connectivity index (χ2n) is 2.73. The molecule has 0 saturated carbocycles. The van der Waals surface area contributed by atoms with Crippen LogP contribution in [0.25, 0.3) is 10.8 Å². The van der Waals surface area contributed by atoms with Crippen LogP contribution in [0.3, 0.4) is 0 Å². The Balaban J connectivity index is 2.42. The number of hydrogen-bond acceptors (Lipinski definition) is 1. The van der Waals surface area contributed by atoms with Gasteiger partial charge in [0.1, 0.15) is 0 Å². The lowest BCUT2D eigenvalue weighted by molar-refractivity contribution is 0.210. The third kappa shape index (κ3) is 1.46. The maximum Gasteiger partial charge on any atom is 0.409 e. The predicted molar refractivity (Wildman–Crippen MR) is 49.9 cm³/mol. The number of rotatable bonds is 1. The third-order valence-corrected chi connectivity index (χ3v) is 1.82. The highest BCUT2D eigenvalue weighted by molar-refractivity contribution is 5.90. The maximum atomic E-state index is 10.3. The number of anilines is 1. The monoisotopic (exact) mass is 176 g/mol. The second-order valence-corrected chi connectivity index (χ2v) is 2.73. The summed E-state index contributed by atoms with van der Waals surface area (Å²) in [5.74, 6) is 0. The van der Waals surface area contributed by atoms with E-state index in [4.69, 9.17) is 5.11 Å². The van der Waals surface area contributed by atoms with Crippen molar-refractivity contribution >= 4 is 22.6 Å². The molecule has 0 spiro atoms. The Kier molecular flexibility index (Phi) is 1.66. The Labute approximate surface area is 74.2 Å². The van der Waals surface area contributed by atoms with E-state index in [9.17, 15) is 4.79 Å². The predicted octanol–water partition coefficient (Wildman–Crippen LogP) is 2.26. The van der Waals surface area contributed by atoms with Crippen LogP contribution in [0, 0.1) is 0 Å². The van der Waals surface area contributed by atoms with Crippen molar-refractivity contribution in [3.63, 3.8) is 0 Å². The van der Waals surface area contributed by atoms with Gasteiger partial charge in [-0.05, 0) is 17.5 Å². The van der Waals surface area contributed by atoms with E-state index in [0.29, 0.717) is 5.69 Å². The normalized spacial score (nSPS) is 10.2. The van der Waals surface area contributed by atoms with E-state index >= 15 is 0 Å². The number of fused-ring (bicyclic) bond motifs is 1. The first kappa shape index (κ1) is 7.67. The van der Waals surface area contributed by atoms with Crippen LogP contribution in [0.1, 0.15) is 0 Å². The number of benzene rings is 1. The molecule has 66 valence electrons. The molecule has 2 aromatic rings. The van der Waals surface area contributed by atoms with E-state index in [1.165, 1.54) is 0 Å². The van der Waals surface area contributed by atoms with E-state index in [-0.39, 0.29) is 0 Å². The molecule has 3 N–H and O–H groups in total. The van der Waals surface area contributed by atoms with Gasteiger partial charge in [0.05, 0.1) is 0 Å². The molecule has 0 atom stereocenters. The summed E-state index contributed by atoms with van der Waals surface area (Å²) in [7, 11) is 0. The molecule has 1 amide bonds. The molecule has 0 aliphatic carbocycles. The number of carboxylic acid groups (broad SMARTS) is 1. The van der Waals surface area contributed by atoms with E-state index in [1.807, 2.05) is 18.5 Å². The topological polar surface area (TPSA) is 65.1 Å². The molecular formula is C9H8N2O2. The summed E-state index contributed by atoms with van der Waals surface area (Å²) in [6, 6.07) is 5.36. The molecule has 4 nitrogen and oxygen atoms in total. The zero-order valence-electron chi connectivity index (χ0n) is 6.74. The SMILES string of the molecule is O=C(O)Nc1ccc2c[nH]cc2c1. The molecule has 0 unspecified atom stereocenters. The minimum Gasteiger partial charge on any atom is -0.465 e. The van der Waals surface area contributed by atoms with Gasteiger partial charge in [-0.3, -0.25) is 5.32 Å². The van der Waals surface area contributed by atoms with Gasteiger partial charge in [0.15, 0.2) is 0 Å². The summed E-state index contributed by atoms with van der Waals surface area (Å²) < 4.78 is 0. The number of nitrogens with one attached hydrogen (secondary N) is 2. The summed E-state index contributed by atoms with van der Waals surface area (Å²) in [6.07, 6.45) is 2.64. The van der Waals surface area contributed by atoms with Crippen LogP contribution < -0.4 is 5.32 Å². The maximum absolute atomic E-state index is 10.3. The minimum absolute atomic E-state index is 0.583. The van der Waals surface area contributed by atoms with Crippen LogP contribution in [0.5, 0.6) is 0 Å². The quantitative estimate of drug-likeness (QED) is 0.623. The van der Waals surface area contributed by atoms with Crippen molar-refractivity contribution in [2.75, 3.05) is 5.32 Å². The average Bonchev–Trinajstić information content (AvgIpc) is 2.49. The Morgan fingerprint density at radius 1 is 1.31 bits per heavy atom. The minimum atomic E-state index is -1.05. The fraction of sp³-hybridized carbons (Fsp3) is 0. The van der Waals surface area contributed by atoms with Gasteiger partial charge in [-0.25, -0.2) is 4.79 Å². The lowest BCUT2D eigenvalue weighted by Gasteiger charge is -1.99. The fourth-order valence-corrected chi connectivity index (χ4v) is 1.25. The third-order valence-electron chi connectivity index (χ3n) is 1.82. The van der Waals surface area contributed by atoms with Crippen molar-refractivity contribution in [1.29, 1.82) is 0 Å². The largest absolute Gasteiger partial charge is 0.465 e. The van der Waals surface area contributed by atoms with Crippen LogP contribution >= 0.6 is 0 Å². The van der Waals surface area contributed by atoms with Crippen LogP contribution in [-0.4, -0.2) is 16.2 Å². The molecule has 0 radical (unpaired) electrons. The van der Waals surface area contributed by atoms with Crippen LogP contribution in [0.4, 0.5) is 10.5 Å². The summed E-state index contributed by atoms with van der Waals surface area (Å²) in [6.45, 7) is 0. The van der Waals surface area contributed by atoms with Gasteiger partial charge < -0.3 is 10.1 Å². The van der Waals surface area contributed by atoms with Crippen molar-refractivity contribution in [1.82, 2.24) is 4.98 Å². The van der Waals surface area contributed by atoms with E-state index in [1.54, 1.807) is 12.1 Å². The zero-order chi connectivity index (χ0) is 9.26. The molecule has 0 saturated heterocycles. The highest BCUT2D eigenvalue weighted by Gasteiger charge is 1.99. The molecule has 1 aromatic carbocycles. The van der Waals surface area contributed by atoms with E-state index < -0.39 is 6.09 Å². The van der Waals surface area contributed by atoms with Crippen molar-refractivity contribution < 1.29 is 9.90 Å². The molecule has 0 aliphatic heterocycles. The Bertz CT molecular complexity index is 448. The number of amides is 1. The van der Waals surface area contributed by atoms with Gasteiger partial charge in [-0.2, -0.15) is 0 Å². The van der Waals surface area contributed by atoms with Crippen LogP contribution in [0.2, 0.25) is 0 Å². The van der Waals surface area contributed by atoms with Gasteiger partial charge in [-0.15, -0.1) is 0 Å². The molecule has 1 aromatic heterocycles. The Morgan fingerprint density at radius 3 is 2.85 bits per heavy atom. The molecule has 2 rings (SSSR count). The molecule has 0 aliphatic rings. The van der Waals surface area contributed by atoms with Crippen molar-refractivity contribution in [2.45, 2.75) is 0 Å². The molecule has 0 bridgehead atoms. The molecule has 1 heterocycles. The van der Waals surface area contributed by atoms with E-state index in [0.717, 1.165) is 10.8 Å². The standard InChI is InChI=1S/C9H8N2O2/c12-9(13)11-8-2-1-6-4-10-5-7(6)3-8/h1-5,10-11H,(H,12,13). The zero-order valence-corrected chi connectivity index (χ0v) is 6.74. The number of carbonyl (C=O) groups is 1. The fourth-order valence-electron chi connectivity index (χ4n) is 1.25. The van der Waals surface area contributed by atoms with Crippen molar-refractivity contribution in [2.24, 2.45) is 0 Å². The first-order valence-electron chi connectivity index (χ1n) is 3.82. The Morgan fingerprint density at radius 2 is 2.08 bits per heavy atom.